The zero-order valence-electron chi connectivity index (χ0n) is 51.3. The first-order chi connectivity index (χ1) is 39.1. The van der Waals surface area contributed by atoms with Crippen molar-refractivity contribution in [3.05, 3.63) is 258 Å². The molecular formula is C63H46F2IrN3. The predicted octanol–water partition coefficient (Wildman–Crippen LogP) is 15.4. The van der Waals surface area contributed by atoms with E-state index < -0.39 is 84.2 Å². The monoisotopic (exact) mass is 1090 g/mol. The van der Waals surface area contributed by atoms with Gasteiger partial charge in [0.25, 0.3) is 0 Å². The Bertz CT molecular complexity index is 3880. The van der Waals surface area contributed by atoms with Gasteiger partial charge in [-0.2, -0.15) is 0 Å². The van der Waals surface area contributed by atoms with Gasteiger partial charge < -0.3 is 15.0 Å². The summed E-state index contributed by atoms with van der Waals surface area (Å²) in [6, 6.07) is 51.9. The number of hydrogen-bond donors (Lipinski definition) is 0. The molecule has 7 aromatic carbocycles. The smallest absolute Gasteiger partial charge is 0.304 e. The summed E-state index contributed by atoms with van der Waals surface area (Å²) in [7, 11) is 0. The van der Waals surface area contributed by atoms with Crippen LogP contribution in [-0.2, 0) is 45.6 Å². The molecule has 0 radical (unpaired) electrons. The largest absolute Gasteiger partial charge is 3.00 e. The van der Waals surface area contributed by atoms with Crippen molar-refractivity contribution in [2.75, 3.05) is 0 Å². The third kappa shape index (κ3) is 10.8. The SMILES string of the molecule is [2H]c1ccc(-c2cnc(-c3[c-]cccc3)cc2-c2ccc(-c3ccccc3)cc2)c(-c2cc(C([2H])([2H])C([2H])([2H])c3cnc(-c4[c-]cc(F)cc4)cc3C([2H])([2H])[2H])cc(C([2H])([2H])C([2H])([2H])c3cnc(-c4[c-]cc(F)cc4)cc3C([2H])([2H])[2H])c2)c1.[Ir+3]. The molecule has 3 aromatic heterocycles. The van der Waals surface area contributed by atoms with E-state index in [4.69, 9.17) is 14.6 Å². The molecule has 0 aliphatic heterocycles. The Hall–Kier alpha value is -7.50. The molecule has 3 heterocycles. The molecule has 10 aromatic rings. The van der Waals surface area contributed by atoms with Crippen molar-refractivity contribution in [2.45, 2.75) is 39.2 Å². The van der Waals surface area contributed by atoms with Crippen LogP contribution in [0.5, 0.6) is 0 Å². The number of aromatic nitrogens is 3. The fourth-order valence-electron chi connectivity index (χ4n) is 7.73. The second-order valence-corrected chi connectivity index (χ2v) is 15.7. The van der Waals surface area contributed by atoms with Gasteiger partial charge in [0.2, 0.25) is 0 Å². The van der Waals surface area contributed by atoms with Gasteiger partial charge in [0.05, 0.1) is 1.37 Å². The quantitative estimate of drug-likeness (QED) is 0.108. The van der Waals surface area contributed by atoms with Crippen LogP contribution in [0.3, 0.4) is 0 Å². The van der Waals surface area contributed by atoms with E-state index in [0.717, 1.165) is 71.5 Å². The molecular weight excluding hydrogens is 1030 g/mol. The van der Waals surface area contributed by atoms with E-state index in [1.165, 1.54) is 36.4 Å². The average Bonchev–Trinajstić information content (AvgIpc) is 1.97. The van der Waals surface area contributed by atoms with E-state index in [0.29, 0.717) is 27.9 Å². The van der Waals surface area contributed by atoms with Crippen LogP contribution < -0.4 is 0 Å². The van der Waals surface area contributed by atoms with Crippen LogP contribution in [0.1, 0.15) is 53.9 Å². The van der Waals surface area contributed by atoms with Gasteiger partial charge in [-0.05, 0) is 117 Å². The fourth-order valence-corrected chi connectivity index (χ4v) is 7.73. The van der Waals surface area contributed by atoms with Gasteiger partial charge in [0, 0.05) is 55.0 Å². The standard InChI is InChI=1S/C63H46F2N3.Ir/c1-42-33-61(50-25-29-55(64)30-26-50)66-39-52(42)19-17-44-35-45(18-20-53-40-67-62(34-43(53)2)51-27-31-56(65)32-28-51)37-54(36-44)57-15-9-10-16-58(57)60-41-68-63(49-13-7-4-8-14-49)38-59(60)48-23-21-47(22-24-48)46-11-5-3-6-12-46;/h3-13,15-16,21-25,27,29-41H,17-20H2,1-2H3;/q-3;+3/i1D3,2D3,9D,17D2,18D2,19D2,20D2;. The third-order valence-corrected chi connectivity index (χ3v) is 11.2. The van der Waals surface area contributed by atoms with Gasteiger partial charge in [-0.3, -0.25) is 8.78 Å². The Morgan fingerprint density at radius 2 is 1.03 bits per heavy atom. The summed E-state index contributed by atoms with van der Waals surface area (Å²) in [6.07, 6.45) is -10.1. The van der Waals surface area contributed by atoms with Gasteiger partial charge in [-0.25, -0.2) is 0 Å². The molecule has 10 rings (SSSR count). The molecule has 0 amide bonds. The summed E-state index contributed by atoms with van der Waals surface area (Å²) in [5.74, 6) is -1.27. The Balaban J connectivity index is 0.00000846. The number of pyridine rings is 3. The molecule has 0 spiro atoms. The zero-order chi connectivity index (χ0) is 59.4. The average molecular weight is 1090 g/mol. The first-order valence-corrected chi connectivity index (χ1v) is 21.4. The minimum Gasteiger partial charge on any atom is -0.304 e. The predicted molar refractivity (Wildman–Crippen MR) is 271 cm³/mol. The number of hydrogen-bond acceptors (Lipinski definition) is 3. The van der Waals surface area contributed by atoms with Gasteiger partial charge in [-0.1, -0.05) is 126 Å². The van der Waals surface area contributed by atoms with Crippen molar-refractivity contribution < 1.29 is 49.4 Å². The second-order valence-electron chi connectivity index (χ2n) is 15.7. The second kappa shape index (κ2) is 21.2. The minimum atomic E-state index is -3.36. The molecule has 0 fully saturated rings. The summed E-state index contributed by atoms with van der Waals surface area (Å²) in [5.41, 5.74) is 1.71. The minimum absolute atomic E-state index is 0. The third-order valence-electron chi connectivity index (χ3n) is 11.2. The van der Waals surface area contributed by atoms with Crippen molar-refractivity contribution in [3.8, 4) is 78.3 Å². The number of aryl methyl sites for hydroxylation is 6. The Labute approximate surface area is 438 Å². The molecule has 0 atom stereocenters. The summed E-state index contributed by atoms with van der Waals surface area (Å²) >= 11 is 0. The van der Waals surface area contributed by atoms with Gasteiger partial charge in [-0.15, -0.1) is 95.6 Å². The van der Waals surface area contributed by atoms with Crippen LogP contribution in [0.25, 0.3) is 78.3 Å². The number of nitrogens with zero attached hydrogens (tertiary/aromatic N) is 3. The molecule has 0 aliphatic carbocycles. The maximum absolute atomic E-state index is 13.9. The number of halogens is 2. The molecule has 6 heteroatoms. The first kappa shape index (κ1) is 31.5. The zero-order valence-corrected chi connectivity index (χ0v) is 38.7. The molecule has 0 saturated carbocycles. The topological polar surface area (TPSA) is 38.7 Å². The molecule has 69 heavy (non-hydrogen) atoms. The van der Waals surface area contributed by atoms with E-state index in [-0.39, 0.29) is 59.8 Å². The summed E-state index contributed by atoms with van der Waals surface area (Å²) in [4.78, 5) is 13.4. The summed E-state index contributed by atoms with van der Waals surface area (Å²) in [5, 5.41) is 0. The van der Waals surface area contributed by atoms with Crippen LogP contribution in [0, 0.1) is 43.5 Å². The Kier molecular flexibility index (Phi) is 9.69. The molecule has 0 aliphatic rings. The molecule has 336 valence electrons. The maximum atomic E-state index is 13.9. The van der Waals surface area contributed by atoms with E-state index in [2.05, 4.69) is 28.2 Å². The van der Waals surface area contributed by atoms with E-state index >= 15 is 0 Å². The molecule has 0 unspecified atom stereocenters. The molecule has 0 N–H and O–H groups in total. The summed E-state index contributed by atoms with van der Waals surface area (Å²) < 4.78 is 166. The van der Waals surface area contributed by atoms with Crippen molar-refractivity contribution >= 4 is 0 Å². The van der Waals surface area contributed by atoms with Crippen LogP contribution in [0.2, 0.25) is 0 Å². The maximum Gasteiger partial charge on any atom is 3.00 e. The molecule has 3 nitrogen and oxygen atoms in total. The van der Waals surface area contributed by atoms with Crippen molar-refractivity contribution in [2.24, 2.45) is 0 Å². The van der Waals surface area contributed by atoms with E-state index in [1.54, 1.807) is 18.3 Å². The molecule has 0 saturated heterocycles. The Morgan fingerprint density at radius 3 is 1.61 bits per heavy atom. The number of benzene rings is 7. The van der Waals surface area contributed by atoms with Crippen molar-refractivity contribution in [3.63, 3.8) is 0 Å². The fraction of sp³-hybridized carbons (Fsp3) is 0.0952. The first-order valence-electron chi connectivity index (χ1n) is 28.9. The van der Waals surface area contributed by atoms with Crippen LogP contribution in [0.4, 0.5) is 8.78 Å². The Morgan fingerprint density at radius 1 is 0.464 bits per heavy atom. The summed E-state index contributed by atoms with van der Waals surface area (Å²) in [6.45, 7) is -6.19. The van der Waals surface area contributed by atoms with E-state index in [9.17, 15) is 19.7 Å². The molecule has 0 bridgehead atoms. The number of rotatable bonds is 13. The van der Waals surface area contributed by atoms with Gasteiger partial charge >= 0.3 is 20.1 Å². The van der Waals surface area contributed by atoms with Gasteiger partial charge in [0.15, 0.2) is 0 Å². The normalized spacial score (nSPS) is 15.4. The van der Waals surface area contributed by atoms with E-state index in [1.807, 2.05) is 78.9 Å². The van der Waals surface area contributed by atoms with Crippen LogP contribution >= 0.6 is 0 Å². The van der Waals surface area contributed by atoms with Crippen molar-refractivity contribution in [1.29, 1.82) is 0 Å². The van der Waals surface area contributed by atoms with Crippen LogP contribution in [-0.4, -0.2) is 15.0 Å². The van der Waals surface area contributed by atoms with Crippen molar-refractivity contribution in [1.82, 2.24) is 15.0 Å². The van der Waals surface area contributed by atoms with Crippen LogP contribution in [0.15, 0.2) is 194 Å². The van der Waals surface area contributed by atoms with Gasteiger partial charge in [0.1, 0.15) is 0 Å².